The molecule has 136 valence electrons. The van der Waals surface area contributed by atoms with Gasteiger partial charge in [0.1, 0.15) is 0 Å². The van der Waals surface area contributed by atoms with Crippen LogP contribution in [0.2, 0.25) is 0 Å². The van der Waals surface area contributed by atoms with Crippen LogP contribution in [0.5, 0.6) is 0 Å². The zero-order chi connectivity index (χ0) is 17.3. The molecule has 0 saturated carbocycles. The molecule has 1 aromatic carbocycles. The predicted molar refractivity (Wildman–Crippen MR) is 98.5 cm³/mol. The molecule has 0 atom stereocenters. The second-order valence-electron chi connectivity index (χ2n) is 6.18. The van der Waals surface area contributed by atoms with Gasteiger partial charge in [0.25, 0.3) is 0 Å². The molecule has 2 N–H and O–H groups in total. The van der Waals surface area contributed by atoms with Gasteiger partial charge in [0.15, 0.2) is 0 Å². The number of benzene rings is 1. The Hall–Kier alpha value is -2.12. The molecule has 25 heavy (non-hydrogen) atoms. The van der Waals surface area contributed by atoms with E-state index in [1.54, 1.807) is 7.05 Å². The van der Waals surface area contributed by atoms with Gasteiger partial charge in [-0.15, -0.1) is 12.4 Å². The van der Waals surface area contributed by atoms with Gasteiger partial charge in [-0.2, -0.15) is 9.69 Å². The average molecular weight is 367 g/mol. The quantitative estimate of drug-likeness (QED) is 0.636. The maximum absolute atomic E-state index is 12.6. The molecule has 2 heterocycles. The molecule has 2 amide bonds. The summed E-state index contributed by atoms with van der Waals surface area (Å²) in [7, 11) is 1.66. The predicted octanol–water partition coefficient (Wildman–Crippen LogP) is 1.22. The van der Waals surface area contributed by atoms with Gasteiger partial charge in [0.05, 0.1) is 11.0 Å². The van der Waals surface area contributed by atoms with E-state index >= 15 is 0 Å². The lowest BCUT2D eigenvalue weighted by atomic mass is 10.1. The van der Waals surface area contributed by atoms with E-state index in [1.165, 1.54) is 9.24 Å². The smallest absolute Gasteiger partial charge is 0.330 e. The van der Waals surface area contributed by atoms with Crippen LogP contribution in [-0.2, 0) is 23.1 Å². The summed E-state index contributed by atoms with van der Waals surface area (Å²) in [6, 6.07) is 5.69. The summed E-state index contributed by atoms with van der Waals surface area (Å²) in [6.07, 6.45) is 3.93. The van der Waals surface area contributed by atoms with Crippen LogP contribution in [-0.4, -0.2) is 27.6 Å². The van der Waals surface area contributed by atoms with Crippen molar-refractivity contribution in [2.75, 3.05) is 11.6 Å². The highest BCUT2D eigenvalue weighted by molar-refractivity contribution is 6.10. The maximum atomic E-state index is 12.6. The molecule has 1 fully saturated rings. The topological polar surface area (TPSA) is 90.3 Å². The van der Waals surface area contributed by atoms with Gasteiger partial charge < -0.3 is 5.73 Å². The number of nitrogens with zero attached hydrogens (tertiary/aromatic N) is 3. The molecule has 8 heteroatoms. The number of unbranched alkanes of at least 4 members (excludes halogenated alkanes) is 1. The number of hydrogen-bond donors (Lipinski definition) is 1. The second-order valence-corrected chi connectivity index (χ2v) is 6.18. The minimum atomic E-state index is -0.382. The zero-order valence-corrected chi connectivity index (χ0v) is 15.1. The van der Waals surface area contributed by atoms with Gasteiger partial charge in [-0.05, 0) is 49.9 Å². The zero-order valence-electron chi connectivity index (χ0n) is 14.2. The third kappa shape index (κ3) is 3.48. The Labute approximate surface area is 151 Å². The van der Waals surface area contributed by atoms with E-state index < -0.39 is 0 Å². The third-order valence-corrected chi connectivity index (χ3v) is 4.47. The maximum Gasteiger partial charge on any atom is 0.348 e. The molecule has 7 nitrogen and oxygen atoms in total. The number of carbonyl (C=O) groups excluding carboxylic acids is 2. The number of nitrogens with two attached hydrogens (primary N) is 1. The third-order valence-electron chi connectivity index (χ3n) is 4.47. The molecule has 1 aromatic heterocycles. The molecule has 0 aliphatic carbocycles. The number of rotatable bonds is 5. The molecular weight excluding hydrogens is 344 g/mol. The summed E-state index contributed by atoms with van der Waals surface area (Å²) >= 11 is 0. The highest BCUT2D eigenvalue weighted by Crippen LogP contribution is 2.19. The number of hydrogen-bond acceptors (Lipinski definition) is 4. The number of piperidine rings is 1. The van der Waals surface area contributed by atoms with Gasteiger partial charge in [0.2, 0.25) is 11.8 Å². The fraction of sp³-hybridized carbons (Fsp3) is 0.471. The Morgan fingerprint density at radius 3 is 2.36 bits per heavy atom. The minimum Gasteiger partial charge on any atom is -0.330 e. The van der Waals surface area contributed by atoms with Crippen LogP contribution in [0.25, 0.3) is 11.0 Å². The van der Waals surface area contributed by atoms with E-state index in [2.05, 4.69) is 0 Å². The number of carbonyl (C=O) groups is 2. The number of imide groups is 1. The Bertz CT molecular complexity index is 839. The summed E-state index contributed by atoms with van der Waals surface area (Å²) in [6.45, 7) is 0.663. The average Bonchev–Trinajstić information content (AvgIpc) is 2.80. The van der Waals surface area contributed by atoms with Crippen LogP contribution < -0.4 is 16.4 Å². The molecule has 2 aromatic rings. The van der Waals surface area contributed by atoms with Crippen LogP contribution in [0.3, 0.4) is 0 Å². The summed E-state index contributed by atoms with van der Waals surface area (Å²) in [5.74, 6) is -0.652. The van der Waals surface area contributed by atoms with Gasteiger partial charge in [-0.25, -0.2) is 4.79 Å². The number of halogens is 1. The molecule has 1 saturated heterocycles. The van der Waals surface area contributed by atoms with Crippen molar-refractivity contribution in [1.29, 1.82) is 0 Å². The van der Waals surface area contributed by atoms with Crippen molar-refractivity contribution in [3.63, 3.8) is 0 Å². The Morgan fingerprint density at radius 1 is 1.04 bits per heavy atom. The van der Waals surface area contributed by atoms with Crippen LogP contribution in [0.4, 0.5) is 0 Å². The fourth-order valence-corrected chi connectivity index (χ4v) is 3.15. The Balaban J connectivity index is 0.00000225. The van der Waals surface area contributed by atoms with Crippen LogP contribution >= 0.6 is 12.4 Å². The van der Waals surface area contributed by atoms with E-state index in [1.807, 2.05) is 18.2 Å². The first-order chi connectivity index (χ1) is 11.5. The Kier molecular flexibility index (Phi) is 6.02. The molecule has 1 aliphatic rings. The monoisotopic (exact) mass is 366 g/mol. The normalized spacial score (nSPS) is 14.9. The van der Waals surface area contributed by atoms with Gasteiger partial charge >= 0.3 is 5.69 Å². The van der Waals surface area contributed by atoms with E-state index in [4.69, 9.17) is 5.73 Å². The summed E-state index contributed by atoms with van der Waals surface area (Å²) in [4.78, 5) is 37.0. The van der Waals surface area contributed by atoms with Crippen molar-refractivity contribution >= 4 is 35.3 Å². The number of fused-ring (bicyclic) bond motifs is 1. The number of amides is 2. The first-order valence-corrected chi connectivity index (χ1v) is 8.31. The highest BCUT2D eigenvalue weighted by Gasteiger charge is 2.30. The van der Waals surface area contributed by atoms with Crippen LogP contribution in [0.15, 0.2) is 23.0 Å². The lowest BCUT2D eigenvalue weighted by Gasteiger charge is -2.25. The van der Waals surface area contributed by atoms with Crippen molar-refractivity contribution in [3.8, 4) is 0 Å². The SMILES string of the molecule is Cl.Cn1c(=O)n(N2C(=O)CCCC2=O)c2ccc(CCCCN)cc21. The molecule has 3 rings (SSSR count). The van der Waals surface area contributed by atoms with Gasteiger partial charge in [-0.3, -0.25) is 14.2 Å². The molecule has 0 unspecified atom stereocenters. The summed E-state index contributed by atoms with van der Waals surface area (Å²) < 4.78 is 2.69. The molecule has 1 aliphatic heterocycles. The molecule has 0 bridgehead atoms. The van der Waals surface area contributed by atoms with E-state index in [0.29, 0.717) is 18.5 Å². The van der Waals surface area contributed by atoms with Crippen LogP contribution in [0, 0.1) is 0 Å². The van der Waals surface area contributed by atoms with Gasteiger partial charge in [-0.1, -0.05) is 6.07 Å². The van der Waals surface area contributed by atoms with Crippen molar-refractivity contribution in [2.24, 2.45) is 12.8 Å². The van der Waals surface area contributed by atoms with E-state index in [9.17, 15) is 14.4 Å². The number of imidazole rings is 1. The summed E-state index contributed by atoms with van der Waals surface area (Å²) in [5, 5.41) is 1.00. The first-order valence-electron chi connectivity index (χ1n) is 8.31. The molecule has 0 radical (unpaired) electrons. The number of aryl methyl sites for hydroxylation is 2. The van der Waals surface area contributed by atoms with E-state index in [0.717, 1.165) is 35.4 Å². The van der Waals surface area contributed by atoms with Crippen molar-refractivity contribution in [2.45, 2.75) is 38.5 Å². The van der Waals surface area contributed by atoms with Crippen molar-refractivity contribution in [1.82, 2.24) is 9.24 Å². The van der Waals surface area contributed by atoms with Crippen LogP contribution in [0.1, 0.15) is 37.7 Å². The van der Waals surface area contributed by atoms with E-state index in [-0.39, 0.29) is 42.8 Å². The largest absolute Gasteiger partial charge is 0.348 e. The van der Waals surface area contributed by atoms with Crippen molar-refractivity contribution < 1.29 is 9.59 Å². The summed E-state index contributed by atoms with van der Waals surface area (Å²) in [5.41, 5.74) is 7.55. The molecule has 0 spiro atoms. The van der Waals surface area contributed by atoms with Crippen molar-refractivity contribution in [3.05, 3.63) is 34.2 Å². The molecular formula is C17H23ClN4O3. The number of aromatic nitrogens is 2. The highest BCUT2D eigenvalue weighted by atomic mass is 35.5. The second kappa shape index (κ2) is 7.84. The van der Waals surface area contributed by atoms with Gasteiger partial charge in [0, 0.05) is 19.9 Å². The lowest BCUT2D eigenvalue weighted by Crippen LogP contribution is -2.52. The standard InChI is InChI=1S/C17H22N4O3.ClH/c1-19-14-11-12(5-2-3-10-18)8-9-13(14)20(17(19)24)21-15(22)6-4-7-16(21)23;/h8-9,11H,2-7,10,18H2,1H3;1H. The lowest BCUT2D eigenvalue weighted by molar-refractivity contribution is -0.131. The minimum absolute atomic E-state index is 0. The fourth-order valence-electron chi connectivity index (χ4n) is 3.15. The Morgan fingerprint density at radius 2 is 1.72 bits per heavy atom. The first kappa shape index (κ1) is 19.2.